The molecule has 22 heavy (non-hydrogen) atoms. The molecule has 2 heterocycles. The maximum absolute atomic E-state index is 5.20. The van der Waals surface area contributed by atoms with E-state index in [4.69, 9.17) is 9.47 Å². The predicted molar refractivity (Wildman–Crippen MR) is 86.0 cm³/mol. The quantitative estimate of drug-likeness (QED) is 0.858. The molecule has 3 rings (SSSR count). The lowest BCUT2D eigenvalue weighted by Crippen LogP contribution is -2.46. The molecule has 116 valence electrons. The average molecular weight is 300 g/mol. The van der Waals surface area contributed by atoms with E-state index in [0.29, 0.717) is 5.88 Å². The zero-order chi connectivity index (χ0) is 15.4. The first-order chi connectivity index (χ1) is 10.8. The summed E-state index contributed by atoms with van der Waals surface area (Å²) >= 11 is 0. The fourth-order valence-corrected chi connectivity index (χ4v) is 2.60. The van der Waals surface area contributed by atoms with Crippen molar-refractivity contribution < 1.29 is 9.47 Å². The lowest BCUT2D eigenvalue weighted by molar-refractivity contribution is 0.396. The Labute approximate surface area is 130 Å². The molecule has 1 aromatic heterocycles. The van der Waals surface area contributed by atoms with E-state index in [2.05, 4.69) is 31.9 Å². The molecule has 0 aliphatic carbocycles. The third-order valence-corrected chi connectivity index (χ3v) is 3.88. The Bertz CT molecular complexity index is 610. The van der Waals surface area contributed by atoms with Crippen molar-refractivity contribution in [1.82, 2.24) is 9.97 Å². The highest BCUT2D eigenvalue weighted by atomic mass is 16.5. The van der Waals surface area contributed by atoms with Gasteiger partial charge in [0, 0.05) is 37.9 Å². The number of benzene rings is 1. The molecule has 0 saturated carbocycles. The Kier molecular flexibility index (Phi) is 4.27. The third kappa shape index (κ3) is 3.05. The normalized spacial score (nSPS) is 14.8. The minimum Gasteiger partial charge on any atom is -0.497 e. The summed E-state index contributed by atoms with van der Waals surface area (Å²) in [5.74, 6) is 2.40. The molecule has 1 aliphatic heterocycles. The molecular weight excluding hydrogens is 280 g/mol. The first-order valence-corrected chi connectivity index (χ1v) is 7.30. The van der Waals surface area contributed by atoms with Gasteiger partial charge in [0.15, 0.2) is 0 Å². The molecule has 1 fully saturated rings. The van der Waals surface area contributed by atoms with Gasteiger partial charge in [0.25, 0.3) is 0 Å². The maximum atomic E-state index is 5.20. The first kappa shape index (κ1) is 14.4. The van der Waals surface area contributed by atoms with Gasteiger partial charge in [-0.2, -0.15) is 0 Å². The molecule has 0 N–H and O–H groups in total. The fourth-order valence-electron chi connectivity index (χ4n) is 2.60. The zero-order valence-corrected chi connectivity index (χ0v) is 12.9. The summed E-state index contributed by atoms with van der Waals surface area (Å²) in [6.07, 6.45) is 1.55. The minimum atomic E-state index is 0.600. The molecule has 1 aliphatic rings. The predicted octanol–water partition coefficient (Wildman–Crippen LogP) is 1.82. The van der Waals surface area contributed by atoms with E-state index in [1.54, 1.807) is 20.5 Å². The monoisotopic (exact) mass is 300 g/mol. The van der Waals surface area contributed by atoms with Crippen molar-refractivity contribution in [3.63, 3.8) is 0 Å². The second kappa shape index (κ2) is 6.51. The third-order valence-electron chi connectivity index (χ3n) is 3.88. The van der Waals surface area contributed by atoms with Crippen LogP contribution in [-0.4, -0.2) is 50.4 Å². The number of hydrogen-bond acceptors (Lipinski definition) is 6. The summed E-state index contributed by atoms with van der Waals surface area (Å²) in [5.41, 5.74) is 1.22. The van der Waals surface area contributed by atoms with Gasteiger partial charge in [0.2, 0.25) is 5.88 Å². The van der Waals surface area contributed by atoms with Crippen molar-refractivity contribution >= 4 is 11.5 Å². The average Bonchev–Trinajstić information content (AvgIpc) is 2.62. The Morgan fingerprint density at radius 2 is 1.55 bits per heavy atom. The van der Waals surface area contributed by atoms with Crippen LogP contribution in [0.15, 0.2) is 36.7 Å². The molecule has 0 atom stereocenters. The highest BCUT2D eigenvalue weighted by Crippen LogP contribution is 2.22. The summed E-state index contributed by atoms with van der Waals surface area (Å²) < 4.78 is 10.4. The smallest absolute Gasteiger partial charge is 0.218 e. The number of rotatable bonds is 4. The summed E-state index contributed by atoms with van der Waals surface area (Å²) in [5, 5.41) is 0. The van der Waals surface area contributed by atoms with Gasteiger partial charge < -0.3 is 19.3 Å². The summed E-state index contributed by atoms with van der Waals surface area (Å²) in [6, 6.07) is 10.1. The van der Waals surface area contributed by atoms with Crippen LogP contribution in [-0.2, 0) is 0 Å². The van der Waals surface area contributed by atoms with Crippen molar-refractivity contribution in [1.29, 1.82) is 0 Å². The van der Waals surface area contributed by atoms with E-state index >= 15 is 0 Å². The van der Waals surface area contributed by atoms with E-state index in [0.717, 1.165) is 37.7 Å². The van der Waals surface area contributed by atoms with E-state index in [1.807, 2.05) is 18.2 Å². The second-order valence-electron chi connectivity index (χ2n) is 5.09. The lowest BCUT2D eigenvalue weighted by atomic mass is 10.2. The highest BCUT2D eigenvalue weighted by Gasteiger charge is 2.18. The van der Waals surface area contributed by atoms with Gasteiger partial charge in [-0.25, -0.2) is 9.97 Å². The lowest BCUT2D eigenvalue weighted by Gasteiger charge is -2.36. The van der Waals surface area contributed by atoms with Gasteiger partial charge in [-0.1, -0.05) is 0 Å². The number of anilines is 2. The number of methoxy groups -OCH3 is 2. The molecule has 0 spiro atoms. The number of ether oxygens (including phenoxy) is 2. The van der Waals surface area contributed by atoms with Crippen molar-refractivity contribution in [3.05, 3.63) is 36.7 Å². The summed E-state index contributed by atoms with van der Waals surface area (Å²) in [7, 11) is 3.30. The standard InChI is InChI=1S/C16H20N4O2/c1-21-14-5-3-13(4-6-14)19-7-9-20(10-8-19)15-11-16(22-2)18-12-17-15/h3-6,11-12H,7-10H2,1-2H3. The molecule has 6 nitrogen and oxygen atoms in total. The molecule has 1 saturated heterocycles. The zero-order valence-electron chi connectivity index (χ0n) is 12.9. The van der Waals surface area contributed by atoms with E-state index < -0.39 is 0 Å². The second-order valence-corrected chi connectivity index (χ2v) is 5.09. The van der Waals surface area contributed by atoms with Crippen molar-refractivity contribution in [2.24, 2.45) is 0 Å². The fraction of sp³-hybridized carbons (Fsp3) is 0.375. The van der Waals surface area contributed by atoms with E-state index in [-0.39, 0.29) is 0 Å². The van der Waals surface area contributed by atoms with Crippen LogP contribution >= 0.6 is 0 Å². The SMILES string of the molecule is COc1ccc(N2CCN(c3cc(OC)ncn3)CC2)cc1. The van der Waals surface area contributed by atoms with Gasteiger partial charge >= 0.3 is 0 Å². The van der Waals surface area contributed by atoms with Crippen molar-refractivity contribution in [3.8, 4) is 11.6 Å². The van der Waals surface area contributed by atoms with Crippen LogP contribution in [0.2, 0.25) is 0 Å². The maximum Gasteiger partial charge on any atom is 0.218 e. The molecule has 0 unspecified atom stereocenters. The topological polar surface area (TPSA) is 50.7 Å². The van der Waals surface area contributed by atoms with E-state index in [1.165, 1.54) is 5.69 Å². The Morgan fingerprint density at radius 1 is 0.864 bits per heavy atom. The van der Waals surface area contributed by atoms with Gasteiger partial charge in [0.05, 0.1) is 14.2 Å². The molecular formula is C16H20N4O2. The van der Waals surface area contributed by atoms with Crippen LogP contribution in [0.25, 0.3) is 0 Å². The van der Waals surface area contributed by atoms with Crippen molar-refractivity contribution in [2.75, 3.05) is 50.2 Å². The Hall–Kier alpha value is -2.50. The van der Waals surface area contributed by atoms with Crippen LogP contribution < -0.4 is 19.3 Å². The van der Waals surface area contributed by atoms with Crippen molar-refractivity contribution in [2.45, 2.75) is 0 Å². The Balaban J connectivity index is 1.64. The summed E-state index contributed by atoms with van der Waals surface area (Å²) in [6.45, 7) is 3.76. The number of aromatic nitrogens is 2. The summed E-state index contributed by atoms with van der Waals surface area (Å²) in [4.78, 5) is 13.0. The molecule has 0 amide bonds. The molecule has 6 heteroatoms. The molecule has 1 aromatic carbocycles. The first-order valence-electron chi connectivity index (χ1n) is 7.30. The van der Waals surface area contributed by atoms with E-state index in [9.17, 15) is 0 Å². The molecule has 2 aromatic rings. The minimum absolute atomic E-state index is 0.600. The van der Waals surface area contributed by atoms with Gasteiger partial charge in [0.1, 0.15) is 17.9 Å². The van der Waals surface area contributed by atoms with Crippen LogP contribution in [0.5, 0.6) is 11.6 Å². The molecule has 0 bridgehead atoms. The number of hydrogen-bond donors (Lipinski definition) is 0. The van der Waals surface area contributed by atoms with Crippen LogP contribution in [0.1, 0.15) is 0 Å². The Morgan fingerprint density at radius 3 is 2.18 bits per heavy atom. The van der Waals surface area contributed by atoms with Gasteiger partial charge in [-0.3, -0.25) is 0 Å². The highest BCUT2D eigenvalue weighted by molar-refractivity contribution is 5.51. The largest absolute Gasteiger partial charge is 0.497 e. The number of piperazine rings is 1. The van der Waals surface area contributed by atoms with Crippen LogP contribution in [0, 0.1) is 0 Å². The van der Waals surface area contributed by atoms with Gasteiger partial charge in [-0.05, 0) is 24.3 Å². The van der Waals surface area contributed by atoms with Crippen LogP contribution in [0.4, 0.5) is 11.5 Å². The number of nitrogens with zero attached hydrogens (tertiary/aromatic N) is 4. The van der Waals surface area contributed by atoms with Crippen LogP contribution in [0.3, 0.4) is 0 Å². The molecule has 0 radical (unpaired) electrons. The van der Waals surface area contributed by atoms with Gasteiger partial charge in [-0.15, -0.1) is 0 Å².